The second kappa shape index (κ2) is 10.7. The van der Waals surface area contributed by atoms with Crippen molar-refractivity contribution < 1.29 is 0 Å². The minimum Gasteiger partial charge on any atom is -0.282 e. The van der Waals surface area contributed by atoms with Crippen molar-refractivity contribution in [3.8, 4) is 0 Å². The largest absolute Gasteiger partial charge is 0.282 e. The molecule has 0 atom stereocenters. The van der Waals surface area contributed by atoms with Crippen LogP contribution in [0.1, 0.15) is 33.4 Å². The maximum absolute atomic E-state index is 5.34. The molecule has 6 rings (SSSR count). The second-order valence-electron chi connectivity index (χ2n) is 10.4. The van der Waals surface area contributed by atoms with Gasteiger partial charge < -0.3 is 0 Å². The number of hydrogen-bond acceptors (Lipinski definition) is 2. The minimum atomic E-state index is -0.534. The molecule has 0 spiro atoms. The Hall–Kier alpha value is -3.87. The van der Waals surface area contributed by atoms with Crippen LogP contribution in [0.15, 0.2) is 113 Å². The van der Waals surface area contributed by atoms with Crippen LogP contribution in [0.2, 0.25) is 0 Å². The summed E-state index contributed by atoms with van der Waals surface area (Å²) in [6.45, 7) is 9.49. The van der Waals surface area contributed by atoms with Crippen LogP contribution in [-0.4, -0.2) is 24.1 Å². The number of nitrogens with zero attached hydrogens (tertiary/aromatic N) is 2. The standard InChI is InChI=1S/C36H33N2P/c1-24-19-20-31(27(4)23-24)38-36-30-16-10-14-28-13-9-15-29(34(28)30)35(36)37-21-22-39(32-17-7-5-11-25(32)2)33-18-8-6-12-26(33)3/h5-20,23H,21-22H2,1-4H3. The van der Waals surface area contributed by atoms with Gasteiger partial charge in [-0.15, -0.1) is 0 Å². The van der Waals surface area contributed by atoms with Crippen LogP contribution in [0.3, 0.4) is 0 Å². The lowest BCUT2D eigenvalue weighted by molar-refractivity contribution is 1.14. The van der Waals surface area contributed by atoms with Gasteiger partial charge >= 0.3 is 0 Å². The lowest BCUT2D eigenvalue weighted by Gasteiger charge is -2.22. The molecule has 0 aliphatic heterocycles. The molecule has 0 N–H and O–H groups in total. The van der Waals surface area contributed by atoms with Gasteiger partial charge in [-0.3, -0.25) is 4.99 Å². The number of aryl methyl sites for hydroxylation is 4. The van der Waals surface area contributed by atoms with Crippen molar-refractivity contribution >= 4 is 46.4 Å². The molecule has 0 amide bonds. The molecule has 39 heavy (non-hydrogen) atoms. The van der Waals surface area contributed by atoms with Gasteiger partial charge in [0, 0.05) is 23.1 Å². The Morgan fingerprint density at radius 3 is 1.82 bits per heavy atom. The van der Waals surface area contributed by atoms with Crippen molar-refractivity contribution in [3.05, 3.63) is 137 Å². The molecule has 0 saturated carbocycles. The summed E-state index contributed by atoms with van der Waals surface area (Å²) >= 11 is 0. The van der Waals surface area contributed by atoms with E-state index in [0.29, 0.717) is 0 Å². The highest BCUT2D eigenvalue weighted by atomic mass is 31.1. The average molecular weight is 525 g/mol. The van der Waals surface area contributed by atoms with Gasteiger partial charge in [0.05, 0.1) is 17.1 Å². The summed E-state index contributed by atoms with van der Waals surface area (Å²) in [7, 11) is -0.534. The third kappa shape index (κ3) is 4.86. The summed E-state index contributed by atoms with van der Waals surface area (Å²) in [6.07, 6.45) is 0.998. The van der Waals surface area contributed by atoms with E-state index in [1.165, 1.54) is 54.8 Å². The highest BCUT2D eigenvalue weighted by molar-refractivity contribution is 7.73. The summed E-state index contributed by atoms with van der Waals surface area (Å²) in [4.78, 5) is 10.6. The zero-order chi connectivity index (χ0) is 26.9. The Kier molecular flexibility index (Phi) is 6.98. The maximum Gasteiger partial charge on any atom is 0.0974 e. The van der Waals surface area contributed by atoms with Gasteiger partial charge in [-0.1, -0.05) is 103 Å². The molecule has 0 fully saturated rings. The summed E-state index contributed by atoms with van der Waals surface area (Å²) in [6, 6.07) is 37.2. The molecule has 0 heterocycles. The Labute approximate surface area is 232 Å². The molecule has 1 aliphatic carbocycles. The Bertz CT molecular complexity index is 1710. The fraction of sp³-hybridized carbons (Fsp3) is 0.167. The van der Waals surface area contributed by atoms with Crippen molar-refractivity contribution in [2.45, 2.75) is 27.7 Å². The SMILES string of the molecule is Cc1ccc(N=C2C(=NCCP(c3ccccc3C)c3ccccc3C)c3cccc4cccc2c34)c(C)c1. The first-order valence-corrected chi connectivity index (χ1v) is 15.2. The van der Waals surface area contributed by atoms with E-state index in [1.807, 2.05) is 0 Å². The highest BCUT2D eigenvalue weighted by Crippen LogP contribution is 2.37. The first-order chi connectivity index (χ1) is 19.0. The topological polar surface area (TPSA) is 24.7 Å². The summed E-state index contributed by atoms with van der Waals surface area (Å²) in [5, 5.41) is 5.40. The Balaban J connectivity index is 1.43. The molecule has 2 nitrogen and oxygen atoms in total. The molecule has 5 aromatic rings. The van der Waals surface area contributed by atoms with E-state index in [-0.39, 0.29) is 0 Å². The van der Waals surface area contributed by atoms with E-state index < -0.39 is 7.92 Å². The summed E-state index contributed by atoms with van der Waals surface area (Å²) in [5.41, 5.74) is 10.6. The first-order valence-electron chi connectivity index (χ1n) is 13.6. The third-order valence-electron chi connectivity index (χ3n) is 7.63. The predicted octanol–water partition coefficient (Wildman–Crippen LogP) is 8.13. The predicted molar refractivity (Wildman–Crippen MR) is 171 cm³/mol. The maximum atomic E-state index is 5.34. The molecule has 1 aliphatic rings. The van der Waals surface area contributed by atoms with Crippen molar-refractivity contribution in [2.24, 2.45) is 9.98 Å². The zero-order valence-corrected chi connectivity index (χ0v) is 24.0. The lowest BCUT2D eigenvalue weighted by Crippen LogP contribution is -2.20. The average Bonchev–Trinajstić information content (AvgIpc) is 3.23. The van der Waals surface area contributed by atoms with Crippen LogP contribution in [-0.2, 0) is 0 Å². The van der Waals surface area contributed by atoms with Gasteiger partial charge in [0.25, 0.3) is 0 Å². The second-order valence-corrected chi connectivity index (χ2v) is 12.7. The van der Waals surface area contributed by atoms with Gasteiger partial charge in [0.2, 0.25) is 0 Å². The molecule has 3 heteroatoms. The number of rotatable bonds is 6. The quantitative estimate of drug-likeness (QED) is 0.200. The van der Waals surface area contributed by atoms with Gasteiger partial charge in [-0.05, 0) is 80.5 Å². The van der Waals surface area contributed by atoms with Gasteiger partial charge in [-0.25, -0.2) is 4.99 Å². The van der Waals surface area contributed by atoms with Crippen molar-refractivity contribution in [1.29, 1.82) is 0 Å². The fourth-order valence-corrected chi connectivity index (χ4v) is 8.25. The Morgan fingerprint density at radius 1 is 0.590 bits per heavy atom. The molecule has 0 radical (unpaired) electrons. The monoisotopic (exact) mass is 524 g/mol. The highest BCUT2D eigenvalue weighted by Gasteiger charge is 2.27. The van der Waals surface area contributed by atoms with Crippen LogP contribution >= 0.6 is 7.92 Å². The van der Waals surface area contributed by atoms with Crippen LogP contribution in [0.5, 0.6) is 0 Å². The van der Waals surface area contributed by atoms with Crippen molar-refractivity contribution in [3.63, 3.8) is 0 Å². The fourth-order valence-electron chi connectivity index (χ4n) is 5.68. The minimum absolute atomic E-state index is 0.534. The number of hydrogen-bond donors (Lipinski definition) is 0. The molecule has 0 bridgehead atoms. The molecule has 0 aromatic heterocycles. The zero-order valence-electron chi connectivity index (χ0n) is 23.1. The normalized spacial score (nSPS) is 14.7. The summed E-state index contributed by atoms with van der Waals surface area (Å²) < 4.78 is 0. The van der Waals surface area contributed by atoms with Crippen LogP contribution < -0.4 is 10.6 Å². The smallest absolute Gasteiger partial charge is 0.0974 e. The van der Waals surface area contributed by atoms with Gasteiger partial charge in [0.15, 0.2) is 0 Å². The van der Waals surface area contributed by atoms with E-state index in [9.17, 15) is 0 Å². The van der Waals surface area contributed by atoms with Crippen molar-refractivity contribution in [2.75, 3.05) is 12.7 Å². The van der Waals surface area contributed by atoms with E-state index in [0.717, 1.165) is 29.8 Å². The number of benzene rings is 5. The van der Waals surface area contributed by atoms with Crippen LogP contribution in [0.4, 0.5) is 5.69 Å². The molecule has 5 aromatic carbocycles. The van der Waals surface area contributed by atoms with Crippen molar-refractivity contribution in [1.82, 2.24) is 0 Å². The summed E-state index contributed by atoms with van der Waals surface area (Å²) in [5.74, 6) is 0. The van der Waals surface area contributed by atoms with E-state index in [4.69, 9.17) is 9.98 Å². The van der Waals surface area contributed by atoms with E-state index in [1.54, 1.807) is 0 Å². The van der Waals surface area contributed by atoms with E-state index >= 15 is 0 Å². The molecule has 0 saturated heterocycles. The van der Waals surface area contributed by atoms with Crippen LogP contribution in [0.25, 0.3) is 10.8 Å². The third-order valence-corrected chi connectivity index (χ3v) is 10.4. The van der Waals surface area contributed by atoms with Gasteiger partial charge in [0.1, 0.15) is 0 Å². The van der Waals surface area contributed by atoms with Crippen LogP contribution in [0, 0.1) is 27.7 Å². The lowest BCUT2D eigenvalue weighted by atomic mass is 10.1. The molecular weight excluding hydrogens is 491 g/mol. The van der Waals surface area contributed by atoms with E-state index in [2.05, 4.69) is 131 Å². The first kappa shape index (κ1) is 25.4. The van der Waals surface area contributed by atoms with Gasteiger partial charge in [-0.2, -0.15) is 0 Å². The molecule has 192 valence electrons. The number of aliphatic imine (C=N–C) groups is 2. The molecule has 0 unspecified atom stereocenters. The Morgan fingerprint density at radius 2 is 1.21 bits per heavy atom. The molecular formula is C36H33N2P.